The lowest BCUT2D eigenvalue weighted by molar-refractivity contribution is -0.0441. The first kappa shape index (κ1) is 7.28. The highest BCUT2D eigenvalue weighted by atomic mass is 32.1. The summed E-state index contributed by atoms with van der Waals surface area (Å²) in [7, 11) is 0. The summed E-state index contributed by atoms with van der Waals surface area (Å²) in [6.07, 6.45) is -0.0961. The molecule has 2 nitrogen and oxygen atoms in total. The average molecular weight is 170 g/mol. The van der Waals surface area contributed by atoms with Crippen LogP contribution in [0.25, 0.3) is 0 Å². The van der Waals surface area contributed by atoms with E-state index < -0.39 is 0 Å². The topological polar surface area (TPSA) is 18.5 Å². The molecule has 0 unspecified atom stereocenters. The van der Waals surface area contributed by atoms with Crippen LogP contribution in [0.1, 0.15) is 16.7 Å². The summed E-state index contributed by atoms with van der Waals surface area (Å²) >= 11 is 1.73. The molecule has 2 heterocycles. The summed E-state index contributed by atoms with van der Waals surface area (Å²) in [5.41, 5.74) is 1.19. The van der Waals surface area contributed by atoms with Gasteiger partial charge in [-0.3, -0.25) is 0 Å². The first-order valence-electron chi connectivity index (χ1n) is 3.65. The monoisotopic (exact) mass is 170 g/mol. The minimum atomic E-state index is -0.0961. The summed E-state index contributed by atoms with van der Waals surface area (Å²) in [6, 6.07) is 2.07. The van der Waals surface area contributed by atoms with Crippen molar-refractivity contribution in [3.05, 3.63) is 21.9 Å². The molecule has 1 aliphatic rings. The van der Waals surface area contributed by atoms with Gasteiger partial charge in [0.1, 0.15) is 0 Å². The highest BCUT2D eigenvalue weighted by Gasteiger charge is 2.20. The second-order valence-corrected chi connectivity index (χ2v) is 3.63. The molecule has 1 aromatic rings. The molecular formula is C8H10O2S. The van der Waals surface area contributed by atoms with Crippen molar-refractivity contribution in [2.45, 2.75) is 13.2 Å². The fourth-order valence-corrected chi connectivity index (χ4v) is 1.90. The van der Waals surface area contributed by atoms with Crippen LogP contribution in [0.4, 0.5) is 0 Å². The van der Waals surface area contributed by atoms with Gasteiger partial charge in [0.15, 0.2) is 6.29 Å². The molecule has 0 atom stereocenters. The molecule has 0 spiro atoms. The molecule has 0 amide bonds. The molecule has 11 heavy (non-hydrogen) atoms. The zero-order valence-electron chi connectivity index (χ0n) is 6.37. The normalized spacial score (nSPS) is 19.4. The van der Waals surface area contributed by atoms with E-state index in [1.165, 1.54) is 10.4 Å². The first-order valence-corrected chi connectivity index (χ1v) is 4.53. The van der Waals surface area contributed by atoms with Crippen LogP contribution in [-0.4, -0.2) is 13.2 Å². The Morgan fingerprint density at radius 2 is 2.18 bits per heavy atom. The third kappa shape index (κ3) is 1.31. The van der Waals surface area contributed by atoms with E-state index in [2.05, 4.69) is 18.4 Å². The third-order valence-corrected chi connectivity index (χ3v) is 2.64. The van der Waals surface area contributed by atoms with E-state index in [9.17, 15) is 0 Å². The van der Waals surface area contributed by atoms with Crippen LogP contribution < -0.4 is 0 Å². The second kappa shape index (κ2) is 2.93. The van der Waals surface area contributed by atoms with Crippen LogP contribution in [-0.2, 0) is 9.47 Å². The van der Waals surface area contributed by atoms with E-state index in [1.54, 1.807) is 11.3 Å². The number of hydrogen-bond donors (Lipinski definition) is 0. The maximum Gasteiger partial charge on any atom is 0.185 e. The molecule has 1 saturated heterocycles. The van der Waals surface area contributed by atoms with Gasteiger partial charge in [0, 0.05) is 10.4 Å². The van der Waals surface area contributed by atoms with Crippen molar-refractivity contribution >= 4 is 11.3 Å². The largest absolute Gasteiger partial charge is 0.346 e. The van der Waals surface area contributed by atoms with Gasteiger partial charge in [0.2, 0.25) is 0 Å². The Morgan fingerprint density at radius 3 is 2.73 bits per heavy atom. The maximum atomic E-state index is 5.36. The van der Waals surface area contributed by atoms with Crippen LogP contribution in [0.15, 0.2) is 11.4 Å². The van der Waals surface area contributed by atoms with Crippen LogP contribution in [0.2, 0.25) is 0 Å². The van der Waals surface area contributed by atoms with Gasteiger partial charge in [-0.25, -0.2) is 0 Å². The number of hydrogen-bond acceptors (Lipinski definition) is 3. The summed E-state index contributed by atoms with van der Waals surface area (Å²) < 4.78 is 10.7. The number of rotatable bonds is 1. The van der Waals surface area contributed by atoms with Crippen molar-refractivity contribution in [2.24, 2.45) is 0 Å². The molecule has 1 fully saturated rings. The highest BCUT2D eigenvalue weighted by molar-refractivity contribution is 7.10. The van der Waals surface area contributed by atoms with Gasteiger partial charge in [-0.2, -0.15) is 0 Å². The van der Waals surface area contributed by atoms with Crippen LogP contribution in [0.5, 0.6) is 0 Å². The highest BCUT2D eigenvalue weighted by Crippen LogP contribution is 2.28. The summed E-state index contributed by atoms with van der Waals surface area (Å²) in [5, 5.41) is 2.07. The van der Waals surface area contributed by atoms with Crippen molar-refractivity contribution in [3.8, 4) is 0 Å². The minimum Gasteiger partial charge on any atom is -0.346 e. The van der Waals surface area contributed by atoms with Gasteiger partial charge in [-0.15, -0.1) is 11.3 Å². The molecule has 0 radical (unpaired) electrons. The zero-order valence-corrected chi connectivity index (χ0v) is 7.19. The molecule has 0 bridgehead atoms. The van der Waals surface area contributed by atoms with Gasteiger partial charge in [0.25, 0.3) is 0 Å². The van der Waals surface area contributed by atoms with Crippen LogP contribution >= 0.6 is 11.3 Å². The summed E-state index contributed by atoms with van der Waals surface area (Å²) in [6.45, 7) is 3.53. The van der Waals surface area contributed by atoms with E-state index in [1.807, 2.05) is 0 Å². The van der Waals surface area contributed by atoms with Gasteiger partial charge >= 0.3 is 0 Å². The molecule has 0 aliphatic carbocycles. The molecule has 0 aromatic carbocycles. The molecule has 1 aliphatic heterocycles. The standard InChI is InChI=1S/C8H10O2S/c1-6-7(2-5-11-6)8-9-3-4-10-8/h2,5,8H,3-4H2,1H3. The predicted octanol–water partition coefficient (Wildman–Crippen LogP) is 2.10. The fourth-order valence-electron chi connectivity index (χ4n) is 1.18. The maximum absolute atomic E-state index is 5.36. The van der Waals surface area contributed by atoms with E-state index >= 15 is 0 Å². The van der Waals surface area contributed by atoms with Crippen molar-refractivity contribution < 1.29 is 9.47 Å². The van der Waals surface area contributed by atoms with Crippen molar-refractivity contribution in [3.63, 3.8) is 0 Å². The predicted molar refractivity (Wildman–Crippen MR) is 43.7 cm³/mol. The van der Waals surface area contributed by atoms with Gasteiger partial charge < -0.3 is 9.47 Å². The molecule has 2 rings (SSSR count). The van der Waals surface area contributed by atoms with E-state index in [0.717, 1.165) is 13.2 Å². The number of ether oxygens (including phenoxy) is 2. The fraction of sp³-hybridized carbons (Fsp3) is 0.500. The van der Waals surface area contributed by atoms with Gasteiger partial charge in [-0.1, -0.05) is 0 Å². The Bertz CT molecular complexity index is 238. The van der Waals surface area contributed by atoms with E-state index in [4.69, 9.17) is 9.47 Å². The third-order valence-electron chi connectivity index (χ3n) is 1.77. The molecule has 0 N–H and O–H groups in total. The number of aryl methyl sites for hydroxylation is 1. The molecule has 3 heteroatoms. The number of thiophene rings is 1. The zero-order chi connectivity index (χ0) is 7.68. The molecular weight excluding hydrogens is 160 g/mol. The summed E-state index contributed by atoms with van der Waals surface area (Å²) in [4.78, 5) is 1.29. The van der Waals surface area contributed by atoms with Gasteiger partial charge in [-0.05, 0) is 18.4 Å². The molecule has 0 saturated carbocycles. The first-order chi connectivity index (χ1) is 5.38. The van der Waals surface area contributed by atoms with Crippen molar-refractivity contribution in [1.29, 1.82) is 0 Å². The Labute approximate surface area is 69.8 Å². The van der Waals surface area contributed by atoms with Crippen molar-refractivity contribution in [2.75, 3.05) is 13.2 Å². The Morgan fingerprint density at radius 1 is 1.45 bits per heavy atom. The lowest BCUT2D eigenvalue weighted by atomic mass is 10.2. The SMILES string of the molecule is Cc1sccc1C1OCCO1. The van der Waals surface area contributed by atoms with E-state index in [0.29, 0.717) is 0 Å². The Kier molecular flexibility index (Phi) is 1.94. The Hall–Kier alpha value is -0.380. The average Bonchev–Trinajstić information content (AvgIpc) is 2.55. The van der Waals surface area contributed by atoms with Crippen LogP contribution in [0, 0.1) is 6.92 Å². The smallest absolute Gasteiger partial charge is 0.185 e. The minimum absolute atomic E-state index is 0.0961. The second-order valence-electron chi connectivity index (χ2n) is 2.51. The van der Waals surface area contributed by atoms with E-state index in [-0.39, 0.29) is 6.29 Å². The molecule has 1 aromatic heterocycles. The Balaban J connectivity index is 2.21. The lowest BCUT2D eigenvalue weighted by Gasteiger charge is -2.07. The lowest BCUT2D eigenvalue weighted by Crippen LogP contribution is -1.96. The summed E-state index contributed by atoms with van der Waals surface area (Å²) in [5.74, 6) is 0. The molecule has 60 valence electrons. The van der Waals surface area contributed by atoms with Crippen molar-refractivity contribution in [1.82, 2.24) is 0 Å². The van der Waals surface area contributed by atoms with Gasteiger partial charge in [0.05, 0.1) is 13.2 Å². The quantitative estimate of drug-likeness (QED) is 0.642. The van der Waals surface area contributed by atoms with Crippen LogP contribution in [0.3, 0.4) is 0 Å².